The van der Waals surface area contributed by atoms with Crippen LogP contribution in [0.25, 0.3) is 0 Å². The molecule has 0 spiro atoms. The van der Waals surface area contributed by atoms with Gasteiger partial charge in [-0.15, -0.1) is 0 Å². The summed E-state index contributed by atoms with van der Waals surface area (Å²) in [6.07, 6.45) is 1.87. The maximum atomic E-state index is 11.8. The van der Waals surface area contributed by atoms with Crippen LogP contribution < -0.4 is 15.4 Å². The average Bonchev–Trinajstić information content (AvgIpc) is 2.53. The number of ether oxygens (including phenoxy) is 1. The lowest BCUT2D eigenvalue weighted by atomic mass is 10.1. The summed E-state index contributed by atoms with van der Waals surface area (Å²) in [7, 11) is 1.60. The zero-order valence-corrected chi connectivity index (χ0v) is 12.1. The third-order valence-corrected chi connectivity index (χ3v) is 3.10. The normalized spacial score (nSPS) is 9.95. The Hall–Kier alpha value is -2.49. The van der Waals surface area contributed by atoms with Gasteiger partial charge >= 0.3 is 6.03 Å². The summed E-state index contributed by atoms with van der Waals surface area (Å²) in [6.45, 7) is 0.644. The Bertz CT molecular complexity index is 570. The fourth-order valence-electron chi connectivity index (χ4n) is 2.02. The van der Waals surface area contributed by atoms with Gasteiger partial charge in [-0.3, -0.25) is 0 Å². The van der Waals surface area contributed by atoms with E-state index < -0.39 is 0 Å². The fraction of sp³-hybridized carbons (Fsp3) is 0.235. The molecule has 0 fully saturated rings. The van der Waals surface area contributed by atoms with Crippen LogP contribution in [0.5, 0.6) is 5.75 Å². The standard InChI is InChI=1S/C17H20N2O2/c1-21-16-11-5-10-15(13-16)19-17(20)18-12-6-9-14-7-3-2-4-8-14/h2-5,7-8,10-11,13H,6,9,12H2,1H3,(H2,18,19,20). The molecule has 110 valence electrons. The van der Waals surface area contributed by atoms with Crippen molar-refractivity contribution in [2.75, 3.05) is 19.0 Å². The Morgan fingerprint density at radius 3 is 2.67 bits per heavy atom. The third-order valence-electron chi connectivity index (χ3n) is 3.10. The van der Waals surface area contributed by atoms with Crippen molar-refractivity contribution in [2.24, 2.45) is 0 Å². The number of urea groups is 1. The van der Waals surface area contributed by atoms with E-state index in [-0.39, 0.29) is 6.03 Å². The Morgan fingerprint density at radius 1 is 1.10 bits per heavy atom. The van der Waals surface area contributed by atoms with E-state index in [1.165, 1.54) is 5.56 Å². The number of hydrogen-bond acceptors (Lipinski definition) is 2. The van der Waals surface area contributed by atoms with Gasteiger partial charge in [-0.05, 0) is 30.5 Å². The SMILES string of the molecule is COc1cccc(NC(=O)NCCCc2ccccc2)c1. The maximum absolute atomic E-state index is 11.8. The minimum atomic E-state index is -0.198. The quantitative estimate of drug-likeness (QED) is 0.798. The van der Waals surface area contributed by atoms with E-state index in [0.717, 1.165) is 24.3 Å². The molecule has 0 aliphatic heterocycles. The van der Waals surface area contributed by atoms with Crippen LogP contribution in [0.15, 0.2) is 54.6 Å². The van der Waals surface area contributed by atoms with Gasteiger partial charge in [0.05, 0.1) is 7.11 Å². The van der Waals surface area contributed by atoms with Crippen molar-refractivity contribution in [2.45, 2.75) is 12.8 Å². The van der Waals surface area contributed by atoms with E-state index in [9.17, 15) is 4.79 Å². The molecular weight excluding hydrogens is 264 g/mol. The number of rotatable bonds is 6. The van der Waals surface area contributed by atoms with Crippen LogP contribution in [0, 0.1) is 0 Å². The molecule has 0 aliphatic carbocycles. The molecule has 0 saturated carbocycles. The first-order chi connectivity index (χ1) is 10.3. The van der Waals surface area contributed by atoms with Gasteiger partial charge in [0, 0.05) is 18.3 Å². The zero-order valence-electron chi connectivity index (χ0n) is 12.1. The molecule has 4 heteroatoms. The van der Waals surface area contributed by atoms with Crippen molar-refractivity contribution < 1.29 is 9.53 Å². The van der Waals surface area contributed by atoms with Gasteiger partial charge in [0.1, 0.15) is 5.75 Å². The molecule has 0 atom stereocenters. The van der Waals surface area contributed by atoms with Crippen LogP contribution in [-0.4, -0.2) is 19.7 Å². The first kappa shape index (κ1) is 14.9. The molecule has 0 unspecified atom stereocenters. The monoisotopic (exact) mass is 284 g/mol. The minimum absolute atomic E-state index is 0.198. The number of amides is 2. The molecule has 21 heavy (non-hydrogen) atoms. The van der Waals surface area contributed by atoms with Crippen molar-refractivity contribution in [1.82, 2.24) is 5.32 Å². The number of methoxy groups -OCH3 is 1. The van der Waals surface area contributed by atoms with Gasteiger partial charge in [0.2, 0.25) is 0 Å². The highest BCUT2D eigenvalue weighted by molar-refractivity contribution is 5.89. The van der Waals surface area contributed by atoms with Crippen LogP contribution in [0.3, 0.4) is 0 Å². The summed E-state index contributed by atoms with van der Waals surface area (Å²) in [4.78, 5) is 11.8. The van der Waals surface area contributed by atoms with E-state index in [2.05, 4.69) is 22.8 Å². The Labute approximate surface area is 125 Å². The average molecular weight is 284 g/mol. The van der Waals surface area contributed by atoms with Gasteiger partial charge in [-0.25, -0.2) is 4.79 Å². The van der Waals surface area contributed by atoms with Gasteiger partial charge in [0.25, 0.3) is 0 Å². The van der Waals surface area contributed by atoms with Crippen molar-refractivity contribution in [1.29, 1.82) is 0 Å². The van der Waals surface area contributed by atoms with Crippen LogP contribution >= 0.6 is 0 Å². The van der Waals surface area contributed by atoms with E-state index in [4.69, 9.17) is 4.74 Å². The molecule has 0 aliphatic rings. The number of hydrogen-bond donors (Lipinski definition) is 2. The first-order valence-electron chi connectivity index (χ1n) is 7.01. The summed E-state index contributed by atoms with van der Waals surface area (Å²) in [6, 6.07) is 17.3. The Kier molecular flexibility index (Phi) is 5.64. The number of benzene rings is 2. The summed E-state index contributed by atoms with van der Waals surface area (Å²) in [5.74, 6) is 0.719. The second-order valence-electron chi connectivity index (χ2n) is 4.70. The number of nitrogens with one attached hydrogen (secondary N) is 2. The Morgan fingerprint density at radius 2 is 1.90 bits per heavy atom. The lowest BCUT2D eigenvalue weighted by Gasteiger charge is -2.08. The maximum Gasteiger partial charge on any atom is 0.319 e. The highest BCUT2D eigenvalue weighted by atomic mass is 16.5. The predicted octanol–water partition coefficient (Wildman–Crippen LogP) is 3.45. The summed E-state index contributed by atoms with van der Waals surface area (Å²) in [5, 5.41) is 5.63. The molecule has 4 nitrogen and oxygen atoms in total. The third kappa shape index (κ3) is 5.18. The van der Waals surface area contributed by atoms with E-state index >= 15 is 0 Å². The molecule has 0 bridgehead atoms. The van der Waals surface area contributed by atoms with Crippen LogP contribution in [0.1, 0.15) is 12.0 Å². The van der Waals surface area contributed by atoms with Crippen molar-refractivity contribution in [3.05, 3.63) is 60.2 Å². The van der Waals surface area contributed by atoms with E-state index in [1.807, 2.05) is 36.4 Å². The topological polar surface area (TPSA) is 50.4 Å². The van der Waals surface area contributed by atoms with Crippen molar-refractivity contribution in [3.8, 4) is 5.75 Å². The second kappa shape index (κ2) is 7.94. The lowest BCUT2D eigenvalue weighted by Crippen LogP contribution is -2.29. The molecular formula is C17H20N2O2. The highest BCUT2D eigenvalue weighted by Gasteiger charge is 2.02. The molecule has 0 aromatic heterocycles. The summed E-state index contributed by atoms with van der Waals surface area (Å²) in [5.41, 5.74) is 2.00. The van der Waals surface area contributed by atoms with Crippen LogP contribution in [0.4, 0.5) is 10.5 Å². The van der Waals surface area contributed by atoms with Gasteiger partial charge in [-0.2, -0.15) is 0 Å². The smallest absolute Gasteiger partial charge is 0.319 e. The molecule has 2 aromatic carbocycles. The highest BCUT2D eigenvalue weighted by Crippen LogP contribution is 2.16. The zero-order chi connectivity index (χ0) is 14.9. The number of carbonyl (C=O) groups is 1. The molecule has 0 saturated heterocycles. The van der Waals surface area contributed by atoms with E-state index in [0.29, 0.717) is 6.54 Å². The van der Waals surface area contributed by atoms with Gasteiger partial charge in [-0.1, -0.05) is 36.4 Å². The first-order valence-corrected chi connectivity index (χ1v) is 7.01. The molecule has 2 N–H and O–H groups in total. The van der Waals surface area contributed by atoms with E-state index in [1.54, 1.807) is 13.2 Å². The molecule has 2 aromatic rings. The lowest BCUT2D eigenvalue weighted by molar-refractivity contribution is 0.252. The summed E-state index contributed by atoms with van der Waals surface area (Å²) >= 11 is 0. The number of anilines is 1. The van der Waals surface area contributed by atoms with Gasteiger partial charge in [0.15, 0.2) is 0 Å². The molecule has 0 radical (unpaired) electrons. The largest absolute Gasteiger partial charge is 0.497 e. The fourth-order valence-corrected chi connectivity index (χ4v) is 2.02. The van der Waals surface area contributed by atoms with Crippen LogP contribution in [0.2, 0.25) is 0 Å². The predicted molar refractivity (Wildman–Crippen MR) is 84.8 cm³/mol. The Balaban J connectivity index is 1.70. The number of carbonyl (C=O) groups excluding carboxylic acids is 1. The second-order valence-corrected chi connectivity index (χ2v) is 4.70. The number of aryl methyl sites for hydroxylation is 1. The van der Waals surface area contributed by atoms with Crippen molar-refractivity contribution >= 4 is 11.7 Å². The van der Waals surface area contributed by atoms with Crippen molar-refractivity contribution in [3.63, 3.8) is 0 Å². The van der Waals surface area contributed by atoms with Crippen LogP contribution in [-0.2, 0) is 6.42 Å². The summed E-state index contributed by atoms with van der Waals surface area (Å²) < 4.78 is 5.11. The molecule has 2 rings (SSSR count). The van der Waals surface area contributed by atoms with Gasteiger partial charge < -0.3 is 15.4 Å². The minimum Gasteiger partial charge on any atom is -0.497 e. The molecule has 2 amide bonds. The molecule has 0 heterocycles.